The number of carbonyl (C=O) groups is 1. The van der Waals surface area contributed by atoms with Crippen LogP contribution in [0.3, 0.4) is 0 Å². The number of carboxylic acid groups (broad SMARTS) is 1. The molecule has 0 atom stereocenters. The molecular formula is C9H6N2O5. The van der Waals surface area contributed by atoms with Gasteiger partial charge in [-0.15, -0.1) is 0 Å². The minimum absolute atomic E-state index is 0.191. The maximum atomic E-state index is 10.8. The van der Waals surface area contributed by atoms with Gasteiger partial charge in [0.05, 0.1) is 4.92 Å². The second-order valence-corrected chi connectivity index (χ2v) is 2.66. The van der Waals surface area contributed by atoms with Crippen LogP contribution in [0.15, 0.2) is 18.2 Å². The zero-order valence-electron chi connectivity index (χ0n) is 7.91. The molecule has 0 radical (unpaired) electrons. The van der Waals surface area contributed by atoms with Crippen LogP contribution in [-0.2, 0) is 0 Å². The van der Waals surface area contributed by atoms with Gasteiger partial charge in [-0.05, 0) is 6.07 Å². The van der Waals surface area contributed by atoms with E-state index in [1.165, 1.54) is 12.1 Å². The molecule has 1 aromatic carbocycles. The first kappa shape index (κ1) is 11.5. The number of carboxylic acids is 1. The minimum atomic E-state index is -1.47. The fourth-order valence-corrected chi connectivity index (χ4v) is 1.12. The normalized spacial score (nSPS) is 9.19. The SMILES string of the molecule is N#CCOc1cccc([N+](=O)[O-])c1C(=O)O. The molecule has 0 aliphatic heterocycles. The van der Waals surface area contributed by atoms with Gasteiger partial charge in [-0.1, -0.05) is 6.07 Å². The Balaban J connectivity index is 3.28. The van der Waals surface area contributed by atoms with Crippen molar-refractivity contribution < 1.29 is 19.6 Å². The second-order valence-electron chi connectivity index (χ2n) is 2.66. The first-order valence-electron chi connectivity index (χ1n) is 4.08. The highest BCUT2D eigenvalue weighted by molar-refractivity contribution is 5.95. The molecule has 0 saturated heterocycles. The first-order chi connectivity index (χ1) is 7.57. The summed E-state index contributed by atoms with van der Waals surface area (Å²) in [6.07, 6.45) is 0. The summed E-state index contributed by atoms with van der Waals surface area (Å²) in [5.74, 6) is -1.66. The second kappa shape index (κ2) is 4.75. The largest absolute Gasteiger partial charge is 0.478 e. The highest BCUT2D eigenvalue weighted by Gasteiger charge is 2.24. The molecule has 0 saturated carbocycles. The maximum absolute atomic E-state index is 10.8. The Morgan fingerprint density at radius 2 is 2.31 bits per heavy atom. The van der Waals surface area contributed by atoms with Crippen molar-refractivity contribution in [3.63, 3.8) is 0 Å². The van der Waals surface area contributed by atoms with Gasteiger partial charge in [-0.25, -0.2) is 4.79 Å². The lowest BCUT2D eigenvalue weighted by atomic mass is 10.1. The highest BCUT2D eigenvalue weighted by Crippen LogP contribution is 2.28. The zero-order valence-corrected chi connectivity index (χ0v) is 7.91. The number of rotatable bonds is 4. The van der Waals surface area contributed by atoms with Gasteiger partial charge < -0.3 is 9.84 Å². The van der Waals surface area contributed by atoms with E-state index < -0.39 is 22.1 Å². The molecule has 1 rings (SSSR count). The Bertz CT molecular complexity index is 477. The highest BCUT2D eigenvalue weighted by atomic mass is 16.6. The van der Waals surface area contributed by atoms with Gasteiger partial charge in [-0.3, -0.25) is 10.1 Å². The molecule has 0 unspecified atom stereocenters. The number of nitrogens with zero attached hydrogens (tertiary/aromatic N) is 2. The third-order valence-corrected chi connectivity index (χ3v) is 1.71. The van der Waals surface area contributed by atoms with Gasteiger partial charge in [0.15, 0.2) is 12.2 Å². The number of nitriles is 1. The van der Waals surface area contributed by atoms with E-state index in [0.29, 0.717) is 0 Å². The number of nitro groups is 1. The minimum Gasteiger partial charge on any atom is -0.478 e. The lowest BCUT2D eigenvalue weighted by molar-refractivity contribution is -0.385. The lowest BCUT2D eigenvalue weighted by Crippen LogP contribution is -2.07. The Hall–Kier alpha value is -2.62. The Morgan fingerprint density at radius 3 is 2.81 bits per heavy atom. The Morgan fingerprint density at radius 1 is 1.62 bits per heavy atom. The predicted molar refractivity (Wildman–Crippen MR) is 51.2 cm³/mol. The van der Waals surface area contributed by atoms with E-state index in [4.69, 9.17) is 15.1 Å². The van der Waals surface area contributed by atoms with Crippen molar-refractivity contribution in [3.8, 4) is 11.8 Å². The summed E-state index contributed by atoms with van der Waals surface area (Å²) in [7, 11) is 0. The smallest absolute Gasteiger partial charge is 0.346 e. The lowest BCUT2D eigenvalue weighted by Gasteiger charge is -2.05. The quantitative estimate of drug-likeness (QED) is 0.604. The average molecular weight is 222 g/mol. The molecule has 0 aromatic heterocycles. The molecule has 0 spiro atoms. The van der Waals surface area contributed by atoms with Crippen LogP contribution >= 0.6 is 0 Å². The molecule has 82 valence electrons. The molecule has 7 heteroatoms. The molecule has 0 heterocycles. The van der Waals surface area contributed by atoms with Gasteiger partial charge >= 0.3 is 5.97 Å². The van der Waals surface area contributed by atoms with E-state index in [9.17, 15) is 14.9 Å². The van der Waals surface area contributed by atoms with Crippen LogP contribution in [0, 0.1) is 21.4 Å². The monoisotopic (exact) mass is 222 g/mol. The molecule has 0 aliphatic rings. The van der Waals surface area contributed by atoms with E-state index in [2.05, 4.69) is 0 Å². The van der Waals surface area contributed by atoms with Crippen molar-refractivity contribution in [2.45, 2.75) is 0 Å². The summed E-state index contributed by atoms with van der Waals surface area (Å²) in [5.41, 5.74) is -1.12. The van der Waals surface area contributed by atoms with Gasteiger partial charge in [0.1, 0.15) is 11.8 Å². The van der Waals surface area contributed by atoms with Crippen molar-refractivity contribution in [2.24, 2.45) is 0 Å². The van der Waals surface area contributed by atoms with Crippen molar-refractivity contribution in [1.29, 1.82) is 5.26 Å². The summed E-state index contributed by atoms with van der Waals surface area (Å²) >= 11 is 0. The molecule has 0 bridgehead atoms. The van der Waals surface area contributed by atoms with Crippen molar-refractivity contribution in [2.75, 3.05) is 6.61 Å². The Labute approximate surface area is 89.6 Å². The zero-order chi connectivity index (χ0) is 12.1. The maximum Gasteiger partial charge on any atom is 0.346 e. The topological polar surface area (TPSA) is 113 Å². The van der Waals surface area contributed by atoms with Crippen molar-refractivity contribution in [3.05, 3.63) is 33.9 Å². The number of benzene rings is 1. The van der Waals surface area contributed by atoms with Crippen molar-refractivity contribution in [1.82, 2.24) is 0 Å². The van der Waals surface area contributed by atoms with E-state index in [1.807, 2.05) is 0 Å². The molecule has 16 heavy (non-hydrogen) atoms. The van der Waals surface area contributed by atoms with Crippen LogP contribution in [0.1, 0.15) is 10.4 Å². The first-order valence-corrected chi connectivity index (χ1v) is 4.08. The van der Waals surface area contributed by atoms with Crippen LogP contribution in [0.5, 0.6) is 5.75 Å². The standard InChI is InChI=1S/C9H6N2O5/c10-4-5-16-7-3-1-2-6(11(14)15)8(7)9(12)13/h1-3H,5H2,(H,12,13). The van der Waals surface area contributed by atoms with Gasteiger partial charge in [0.25, 0.3) is 5.69 Å². The van der Waals surface area contributed by atoms with E-state index in [0.717, 1.165) is 6.07 Å². The van der Waals surface area contributed by atoms with Crippen LogP contribution in [-0.4, -0.2) is 22.6 Å². The summed E-state index contributed by atoms with van der Waals surface area (Å²) < 4.78 is 4.79. The van der Waals surface area contributed by atoms with Crippen molar-refractivity contribution >= 4 is 11.7 Å². The molecule has 1 aromatic rings. The predicted octanol–water partition coefficient (Wildman–Crippen LogP) is 1.20. The van der Waals surface area contributed by atoms with Gasteiger partial charge in [0, 0.05) is 6.07 Å². The molecule has 7 nitrogen and oxygen atoms in total. The number of hydrogen-bond acceptors (Lipinski definition) is 5. The van der Waals surface area contributed by atoms with Gasteiger partial charge in [-0.2, -0.15) is 5.26 Å². The van der Waals surface area contributed by atoms with E-state index >= 15 is 0 Å². The van der Waals surface area contributed by atoms with E-state index in [1.54, 1.807) is 6.07 Å². The van der Waals surface area contributed by atoms with Crippen LogP contribution in [0.25, 0.3) is 0 Å². The van der Waals surface area contributed by atoms with E-state index in [-0.39, 0.29) is 12.4 Å². The molecule has 0 fully saturated rings. The van der Waals surface area contributed by atoms with Crippen LogP contribution in [0.2, 0.25) is 0 Å². The van der Waals surface area contributed by atoms with Gasteiger partial charge in [0.2, 0.25) is 0 Å². The number of aromatic carboxylic acids is 1. The Kier molecular flexibility index (Phi) is 3.40. The molecule has 1 N–H and O–H groups in total. The number of nitro benzene ring substituents is 1. The third-order valence-electron chi connectivity index (χ3n) is 1.71. The van der Waals surface area contributed by atoms with Crippen LogP contribution < -0.4 is 4.74 Å². The fraction of sp³-hybridized carbons (Fsp3) is 0.111. The average Bonchev–Trinajstić information content (AvgIpc) is 2.25. The van der Waals surface area contributed by atoms with Crippen LogP contribution in [0.4, 0.5) is 5.69 Å². The molecular weight excluding hydrogens is 216 g/mol. The summed E-state index contributed by atoms with van der Waals surface area (Å²) in [4.78, 5) is 20.6. The fourth-order valence-electron chi connectivity index (χ4n) is 1.12. The summed E-state index contributed by atoms with van der Waals surface area (Å²) in [5, 5.41) is 27.7. The number of hydrogen-bond donors (Lipinski definition) is 1. The molecule has 0 aliphatic carbocycles. The third kappa shape index (κ3) is 2.24. The number of ether oxygens (including phenoxy) is 1. The summed E-state index contributed by atoms with van der Waals surface area (Å²) in [6, 6.07) is 5.25. The summed E-state index contributed by atoms with van der Waals surface area (Å²) in [6.45, 7) is -0.374. The molecule has 0 amide bonds.